The molecule has 1 aliphatic rings. The van der Waals surface area contributed by atoms with E-state index in [1.807, 2.05) is 12.1 Å². The summed E-state index contributed by atoms with van der Waals surface area (Å²) >= 11 is 0. The average molecular weight is 372 g/mol. The minimum atomic E-state index is -2.87. The number of ether oxygens (including phenoxy) is 1. The number of piperazine rings is 1. The van der Waals surface area contributed by atoms with Crippen LogP contribution in [0.3, 0.4) is 0 Å². The van der Waals surface area contributed by atoms with Crippen LogP contribution in [0.2, 0.25) is 0 Å². The van der Waals surface area contributed by atoms with Crippen molar-refractivity contribution in [2.45, 2.75) is 6.61 Å². The number of benzene rings is 1. The van der Waals surface area contributed by atoms with Gasteiger partial charge in [-0.15, -0.1) is 0 Å². The lowest BCUT2D eigenvalue weighted by atomic mass is 10.1. The summed E-state index contributed by atoms with van der Waals surface area (Å²) in [5.74, 6) is 0.0620. The number of fused-ring (bicyclic) bond motifs is 1. The van der Waals surface area contributed by atoms with E-state index in [0.717, 1.165) is 31.9 Å². The van der Waals surface area contributed by atoms with Crippen molar-refractivity contribution in [2.75, 3.05) is 31.1 Å². The number of anilines is 1. The molecule has 0 aliphatic carbocycles. The lowest BCUT2D eigenvalue weighted by Gasteiger charge is -2.29. The third-order valence-corrected chi connectivity index (χ3v) is 4.50. The Morgan fingerprint density at radius 2 is 1.81 bits per heavy atom. The van der Waals surface area contributed by atoms with Crippen LogP contribution in [0, 0.1) is 0 Å². The Balaban J connectivity index is 1.66. The molecular formula is C19H18F2N4O2. The third kappa shape index (κ3) is 3.75. The maximum Gasteiger partial charge on any atom is 0.387 e. The summed E-state index contributed by atoms with van der Waals surface area (Å²) in [7, 11) is 0. The van der Waals surface area contributed by atoms with Gasteiger partial charge in [0.15, 0.2) is 0 Å². The van der Waals surface area contributed by atoms with Gasteiger partial charge in [0.2, 0.25) is 0 Å². The molecule has 8 heteroatoms. The molecule has 2 aromatic heterocycles. The molecule has 1 aliphatic heterocycles. The molecule has 0 amide bonds. The van der Waals surface area contributed by atoms with Crippen LogP contribution in [0.25, 0.3) is 16.9 Å². The van der Waals surface area contributed by atoms with E-state index in [0.29, 0.717) is 16.9 Å². The van der Waals surface area contributed by atoms with Crippen molar-refractivity contribution in [1.82, 2.24) is 14.7 Å². The van der Waals surface area contributed by atoms with Crippen LogP contribution in [0.15, 0.2) is 53.5 Å². The van der Waals surface area contributed by atoms with Gasteiger partial charge in [0.05, 0.1) is 11.4 Å². The highest BCUT2D eigenvalue weighted by Crippen LogP contribution is 2.22. The van der Waals surface area contributed by atoms with Crippen molar-refractivity contribution in [3.63, 3.8) is 0 Å². The maximum atomic E-state index is 12.6. The van der Waals surface area contributed by atoms with Gasteiger partial charge < -0.3 is 15.0 Å². The molecule has 0 unspecified atom stereocenters. The zero-order valence-electron chi connectivity index (χ0n) is 14.4. The summed E-state index contributed by atoms with van der Waals surface area (Å²) in [6, 6.07) is 11.3. The fourth-order valence-electron chi connectivity index (χ4n) is 3.16. The van der Waals surface area contributed by atoms with Gasteiger partial charge in [-0.2, -0.15) is 8.78 Å². The zero-order valence-corrected chi connectivity index (χ0v) is 14.4. The molecular weight excluding hydrogens is 354 g/mol. The van der Waals surface area contributed by atoms with E-state index in [1.54, 1.807) is 18.3 Å². The van der Waals surface area contributed by atoms with Crippen LogP contribution in [0.5, 0.6) is 5.75 Å². The highest BCUT2D eigenvalue weighted by molar-refractivity contribution is 5.63. The summed E-state index contributed by atoms with van der Waals surface area (Å²) in [5, 5.41) is 3.30. The van der Waals surface area contributed by atoms with Gasteiger partial charge in [-0.05, 0) is 36.4 Å². The number of pyridine rings is 1. The van der Waals surface area contributed by atoms with Crippen molar-refractivity contribution in [2.24, 2.45) is 0 Å². The standard InChI is InChI=1S/C19H18F2N4O2/c20-19(21)27-15-4-1-13(2-5-15)16-11-18(26)25-12-14(3-6-17(25)23-16)24-9-7-22-8-10-24/h1-6,11-12,19,22H,7-10H2. The molecule has 1 aromatic carbocycles. The van der Waals surface area contributed by atoms with E-state index in [2.05, 4.69) is 19.9 Å². The Bertz CT molecular complexity index is 999. The summed E-state index contributed by atoms with van der Waals surface area (Å²) in [5.41, 5.74) is 2.46. The van der Waals surface area contributed by atoms with E-state index in [9.17, 15) is 13.6 Å². The number of nitrogens with one attached hydrogen (secondary N) is 1. The summed E-state index contributed by atoms with van der Waals surface area (Å²) in [6.45, 7) is 0.728. The van der Waals surface area contributed by atoms with Gasteiger partial charge in [-0.1, -0.05) is 0 Å². The molecule has 0 atom stereocenters. The van der Waals surface area contributed by atoms with E-state index >= 15 is 0 Å². The van der Waals surface area contributed by atoms with Crippen molar-refractivity contribution in [1.29, 1.82) is 0 Å². The number of rotatable bonds is 4. The SMILES string of the molecule is O=c1cc(-c2ccc(OC(F)F)cc2)nc2ccc(N3CCNCC3)cn12. The largest absolute Gasteiger partial charge is 0.435 e. The number of halogens is 2. The monoisotopic (exact) mass is 372 g/mol. The lowest BCUT2D eigenvalue weighted by Crippen LogP contribution is -2.43. The second-order valence-electron chi connectivity index (χ2n) is 6.24. The third-order valence-electron chi connectivity index (χ3n) is 4.50. The van der Waals surface area contributed by atoms with Crippen LogP contribution in [0.1, 0.15) is 0 Å². The number of nitrogens with zero attached hydrogens (tertiary/aromatic N) is 3. The normalized spacial score (nSPS) is 14.7. The summed E-state index contributed by atoms with van der Waals surface area (Å²) in [6.07, 6.45) is 1.80. The van der Waals surface area contributed by atoms with E-state index < -0.39 is 6.61 Å². The predicted molar refractivity (Wildman–Crippen MR) is 98.6 cm³/mol. The highest BCUT2D eigenvalue weighted by Gasteiger charge is 2.12. The molecule has 0 spiro atoms. The first-order valence-electron chi connectivity index (χ1n) is 8.64. The maximum absolute atomic E-state index is 12.6. The smallest absolute Gasteiger partial charge is 0.387 e. The van der Waals surface area contributed by atoms with Crippen molar-refractivity contribution >= 4 is 11.3 Å². The van der Waals surface area contributed by atoms with Crippen LogP contribution >= 0.6 is 0 Å². The number of alkyl halides is 2. The lowest BCUT2D eigenvalue weighted by molar-refractivity contribution is -0.0498. The minimum absolute atomic E-state index is 0.0620. The quantitative estimate of drug-likeness (QED) is 0.762. The Morgan fingerprint density at radius 3 is 2.52 bits per heavy atom. The molecule has 0 radical (unpaired) electrons. The summed E-state index contributed by atoms with van der Waals surface area (Å²) < 4.78 is 30.4. The Hall–Kier alpha value is -3.00. The first-order chi connectivity index (χ1) is 13.1. The van der Waals surface area contributed by atoms with Gasteiger partial charge in [0, 0.05) is 44.0 Å². The Morgan fingerprint density at radius 1 is 1.07 bits per heavy atom. The molecule has 4 rings (SSSR count). The van der Waals surface area contributed by atoms with Crippen molar-refractivity contribution in [3.8, 4) is 17.0 Å². The molecule has 1 saturated heterocycles. The van der Waals surface area contributed by atoms with E-state index in [1.165, 1.54) is 22.6 Å². The second-order valence-corrected chi connectivity index (χ2v) is 6.24. The van der Waals surface area contributed by atoms with E-state index in [4.69, 9.17) is 0 Å². The minimum Gasteiger partial charge on any atom is -0.435 e. The average Bonchev–Trinajstić information content (AvgIpc) is 2.68. The summed E-state index contributed by atoms with van der Waals surface area (Å²) in [4.78, 5) is 19.3. The van der Waals surface area contributed by atoms with E-state index in [-0.39, 0.29) is 11.3 Å². The van der Waals surface area contributed by atoms with Crippen molar-refractivity contribution in [3.05, 3.63) is 59.0 Å². The number of hydrogen-bond acceptors (Lipinski definition) is 5. The molecule has 27 heavy (non-hydrogen) atoms. The molecule has 1 fully saturated rings. The van der Waals surface area contributed by atoms with Gasteiger partial charge in [0.25, 0.3) is 5.56 Å². The molecule has 1 N–H and O–H groups in total. The highest BCUT2D eigenvalue weighted by atomic mass is 19.3. The fraction of sp³-hybridized carbons (Fsp3) is 0.263. The molecule has 0 saturated carbocycles. The van der Waals surface area contributed by atoms with Gasteiger partial charge in [0.1, 0.15) is 11.4 Å². The van der Waals surface area contributed by atoms with Crippen LogP contribution in [-0.2, 0) is 0 Å². The fourth-order valence-corrected chi connectivity index (χ4v) is 3.16. The van der Waals surface area contributed by atoms with Crippen LogP contribution in [0.4, 0.5) is 14.5 Å². The predicted octanol–water partition coefficient (Wildman–Crippen LogP) is 2.37. The van der Waals surface area contributed by atoms with Crippen LogP contribution in [-0.4, -0.2) is 42.2 Å². The first kappa shape index (κ1) is 17.4. The molecule has 140 valence electrons. The number of hydrogen-bond donors (Lipinski definition) is 1. The zero-order chi connectivity index (χ0) is 18.8. The van der Waals surface area contributed by atoms with Crippen molar-refractivity contribution < 1.29 is 13.5 Å². The van der Waals surface area contributed by atoms with Gasteiger partial charge in [-0.3, -0.25) is 9.20 Å². The molecule has 0 bridgehead atoms. The molecule has 6 nitrogen and oxygen atoms in total. The second kappa shape index (κ2) is 7.32. The Kier molecular flexibility index (Phi) is 4.72. The number of aromatic nitrogens is 2. The topological polar surface area (TPSA) is 58.9 Å². The Labute approximate surface area is 154 Å². The van der Waals surface area contributed by atoms with Gasteiger partial charge >= 0.3 is 6.61 Å². The molecule has 3 heterocycles. The first-order valence-corrected chi connectivity index (χ1v) is 8.64. The van der Waals surface area contributed by atoms with Crippen LogP contribution < -0.4 is 20.5 Å². The molecule has 3 aromatic rings. The van der Waals surface area contributed by atoms with Gasteiger partial charge in [-0.25, -0.2) is 4.98 Å².